The number of alkyl halides is 3. The Balaban J connectivity index is 2.74. The van der Waals surface area contributed by atoms with Crippen LogP contribution in [0.5, 0.6) is 0 Å². The molecule has 1 heterocycles. The second-order valence-corrected chi connectivity index (χ2v) is 3.75. The van der Waals surface area contributed by atoms with E-state index < -0.39 is 12.2 Å². The van der Waals surface area contributed by atoms with Crippen LogP contribution >= 0.6 is 15.9 Å². The average molecular weight is 272 g/mol. The third kappa shape index (κ3) is 2.71. The third-order valence-electron chi connectivity index (χ3n) is 1.80. The third-order valence-corrected chi connectivity index (χ3v) is 2.18. The van der Waals surface area contributed by atoms with Crippen molar-refractivity contribution in [3.05, 3.63) is 16.4 Å². The summed E-state index contributed by atoms with van der Waals surface area (Å²) in [5.41, 5.74) is 5.43. The monoisotopic (exact) mass is 271 g/mol. The number of aryl methyl sites for hydroxylation is 1. The van der Waals surface area contributed by atoms with E-state index in [0.29, 0.717) is 10.3 Å². The van der Waals surface area contributed by atoms with Crippen LogP contribution in [0.15, 0.2) is 10.7 Å². The minimum atomic E-state index is -4.36. The van der Waals surface area contributed by atoms with Gasteiger partial charge in [0.1, 0.15) is 10.6 Å². The van der Waals surface area contributed by atoms with Crippen LogP contribution in [0.2, 0.25) is 0 Å². The molecule has 14 heavy (non-hydrogen) atoms. The zero-order chi connectivity index (χ0) is 10.9. The molecule has 0 aliphatic rings. The lowest BCUT2D eigenvalue weighted by Gasteiger charge is -2.14. The van der Waals surface area contributed by atoms with Gasteiger partial charge in [-0.3, -0.25) is 4.68 Å². The Morgan fingerprint density at radius 1 is 1.64 bits per heavy atom. The van der Waals surface area contributed by atoms with E-state index in [1.807, 2.05) is 0 Å². The largest absolute Gasteiger partial charge is 0.404 e. The van der Waals surface area contributed by atoms with E-state index in [0.717, 1.165) is 0 Å². The molecule has 0 saturated heterocycles. The highest BCUT2D eigenvalue weighted by Crippen LogP contribution is 2.22. The minimum Gasteiger partial charge on any atom is -0.320 e. The predicted octanol–water partition coefficient (Wildman–Crippen LogP) is 1.61. The van der Waals surface area contributed by atoms with Crippen LogP contribution in [-0.4, -0.2) is 22.0 Å². The smallest absolute Gasteiger partial charge is 0.320 e. The molecular formula is C7H9BrF3N3. The van der Waals surface area contributed by atoms with E-state index in [-0.39, 0.29) is 6.42 Å². The normalized spacial score (nSPS) is 14.4. The van der Waals surface area contributed by atoms with Gasteiger partial charge >= 0.3 is 6.18 Å². The van der Waals surface area contributed by atoms with Crippen LogP contribution in [0.4, 0.5) is 13.2 Å². The molecular weight excluding hydrogens is 263 g/mol. The molecule has 0 amide bonds. The van der Waals surface area contributed by atoms with Gasteiger partial charge in [0.15, 0.2) is 0 Å². The Labute approximate surface area is 87.2 Å². The van der Waals surface area contributed by atoms with E-state index in [1.165, 1.54) is 10.7 Å². The maximum atomic E-state index is 12.1. The summed E-state index contributed by atoms with van der Waals surface area (Å²) in [6, 6.07) is -0.323. The van der Waals surface area contributed by atoms with Crippen LogP contribution in [0.1, 0.15) is 5.69 Å². The molecule has 1 aromatic heterocycles. The SMILES string of the molecule is Cn1nc(Br)cc1CC(N)C(F)(F)F. The first kappa shape index (κ1) is 11.5. The van der Waals surface area contributed by atoms with Crippen molar-refractivity contribution in [2.45, 2.75) is 18.6 Å². The molecule has 3 nitrogen and oxygen atoms in total. The van der Waals surface area contributed by atoms with Crippen molar-refractivity contribution in [3.63, 3.8) is 0 Å². The van der Waals surface area contributed by atoms with E-state index in [4.69, 9.17) is 5.73 Å². The van der Waals surface area contributed by atoms with Gasteiger partial charge < -0.3 is 5.73 Å². The van der Waals surface area contributed by atoms with Gasteiger partial charge in [0.2, 0.25) is 0 Å². The van der Waals surface area contributed by atoms with Crippen LogP contribution < -0.4 is 5.73 Å². The van der Waals surface area contributed by atoms with Gasteiger partial charge in [0.25, 0.3) is 0 Å². The Morgan fingerprint density at radius 2 is 2.21 bits per heavy atom. The zero-order valence-corrected chi connectivity index (χ0v) is 8.93. The fraction of sp³-hybridized carbons (Fsp3) is 0.571. The topological polar surface area (TPSA) is 43.8 Å². The Hall–Kier alpha value is -0.560. The van der Waals surface area contributed by atoms with Gasteiger partial charge in [-0.05, 0) is 22.0 Å². The Bertz CT molecular complexity index is 320. The standard InChI is InChI=1S/C7H9BrF3N3/c1-14-4(3-6(8)13-14)2-5(12)7(9,10)11/h3,5H,2,12H2,1H3. The molecule has 1 unspecified atom stereocenters. The van der Waals surface area contributed by atoms with E-state index in [1.54, 1.807) is 7.05 Å². The molecule has 7 heteroatoms. The van der Waals surface area contributed by atoms with Crippen molar-refractivity contribution in [1.29, 1.82) is 0 Å². The lowest BCUT2D eigenvalue weighted by atomic mass is 10.1. The molecule has 0 aliphatic carbocycles. The molecule has 0 aromatic carbocycles. The molecule has 80 valence electrons. The first-order valence-electron chi connectivity index (χ1n) is 3.81. The first-order chi connectivity index (χ1) is 6.30. The van der Waals surface area contributed by atoms with Gasteiger partial charge in [-0.25, -0.2) is 0 Å². The number of aromatic nitrogens is 2. The number of hydrogen-bond acceptors (Lipinski definition) is 2. The molecule has 1 rings (SSSR count). The van der Waals surface area contributed by atoms with Crippen molar-refractivity contribution < 1.29 is 13.2 Å². The summed E-state index contributed by atoms with van der Waals surface area (Å²) >= 11 is 3.07. The quantitative estimate of drug-likeness (QED) is 0.889. The molecule has 1 aromatic rings. The molecule has 1 atom stereocenters. The van der Waals surface area contributed by atoms with Crippen LogP contribution in [0.25, 0.3) is 0 Å². The molecule has 0 spiro atoms. The fourth-order valence-corrected chi connectivity index (χ4v) is 1.50. The van der Waals surface area contributed by atoms with E-state index >= 15 is 0 Å². The summed E-state index contributed by atoms with van der Waals surface area (Å²) in [5.74, 6) is 0. The highest BCUT2D eigenvalue weighted by molar-refractivity contribution is 9.10. The second kappa shape index (κ2) is 3.90. The summed E-state index contributed by atoms with van der Waals surface area (Å²) < 4.78 is 38.2. The van der Waals surface area contributed by atoms with Gasteiger partial charge in [0.05, 0.1) is 0 Å². The molecule has 0 fully saturated rings. The summed E-state index contributed by atoms with van der Waals surface area (Å²) in [7, 11) is 1.57. The highest BCUT2D eigenvalue weighted by atomic mass is 79.9. The summed E-state index contributed by atoms with van der Waals surface area (Å²) in [4.78, 5) is 0. The molecule has 0 saturated carbocycles. The van der Waals surface area contributed by atoms with Crippen LogP contribution in [-0.2, 0) is 13.5 Å². The van der Waals surface area contributed by atoms with Crippen molar-refractivity contribution in [1.82, 2.24) is 9.78 Å². The Morgan fingerprint density at radius 3 is 2.57 bits per heavy atom. The summed E-state index contributed by atoms with van der Waals surface area (Å²) in [6.07, 6.45) is -4.63. The van der Waals surface area contributed by atoms with Crippen molar-refractivity contribution in [2.75, 3.05) is 0 Å². The van der Waals surface area contributed by atoms with Crippen LogP contribution in [0.3, 0.4) is 0 Å². The number of hydrogen-bond donors (Lipinski definition) is 1. The molecule has 0 radical (unpaired) electrons. The first-order valence-corrected chi connectivity index (χ1v) is 4.60. The lowest BCUT2D eigenvalue weighted by molar-refractivity contribution is -0.147. The average Bonchev–Trinajstić information content (AvgIpc) is 2.28. The highest BCUT2D eigenvalue weighted by Gasteiger charge is 2.37. The molecule has 0 aliphatic heterocycles. The van der Waals surface area contributed by atoms with E-state index in [9.17, 15) is 13.2 Å². The van der Waals surface area contributed by atoms with Crippen molar-refractivity contribution in [2.24, 2.45) is 12.8 Å². The van der Waals surface area contributed by atoms with Gasteiger partial charge in [0, 0.05) is 19.2 Å². The number of halogens is 4. The summed E-state index contributed by atoms with van der Waals surface area (Å²) in [5, 5.41) is 3.86. The van der Waals surface area contributed by atoms with Crippen LogP contribution in [0, 0.1) is 0 Å². The van der Waals surface area contributed by atoms with Gasteiger partial charge in [-0.2, -0.15) is 18.3 Å². The number of nitrogens with zero attached hydrogens (tertiary/aromatic N) is 2. The van der Waals surface area contributed by atoms with Gasteiger partial charge in [-0.1, -0.05) is 0 Å². The molecule has 2 N–H and O–H groups in total. The molecule has 0 bridgehead atoms. The van der Waals surface area contributed by atoms with E-state index in [2.05, 4.69) is 21.0 Å². The number of rotatable bonds is 2. The second-order valence-electron chi connectivity index (χ2n) is 2.93. The van der Waals surface area contributed by atoms with Gasteiger partial charge in [-0.15, -0.1) is 0 Å². The zero-order valence-electron chi connectivity index (χ0n) is 7.35. The minimum absolute atomic E-state index is 0.265. The van der Waals surface area contributed by atoms with Crippen molar-refractivity contribution in [3.8, 4) is 0 Å². The maximum Gasteiger partial charge on any atom is 0.404 e. The predicted molar refractivity (Wildman–Crippen MR) is 48.6 cm³/mol. The Kier molecular flexibility index (Phi) is 3.20. The fourth-order valence-electron chi connectivity index (χ4n) is 0.999. The summed E-state index contributed by atoms with van der Waals surface area (Å²) in [6.45, 7) is 0. The lowest BCUT2D eigenvalue weighted by Crippen LogP contribution is -2.39. The van der Waals surface area contributed by atoms with Crippen molar-refractivity contribution >= 4 is 15.9 Å². The maximum absolute atomic E-state index is 12.1. The number of nitrogens with two attached hydrogens (primary N) is 1.